The van der Waals surface area contributed by atoms with Gasteiger partial charge in [0.25, 0.3) is 0 Å². The number of hydrogen-bond donors (Lipinski definition) is 2. The minimum atomic E-state index is -3.56. The zero-order valence-corrected chi connectivity index (χ0v) is 13.5. The summed E-state index contributed by atoms with van der Waals surface area (Å²) in [4.78, 5) is 11.1. The van der Waals surface area contributed by atoms with Crippen molar-refractivity contribution in [1.82, 2.24) is 10.9 Å². The smallest absolute Gasteiger partial charge is 0.234 e. The molecule has 1 heterocycles. The van der Waals surface area contributed by atoms with Crippen molar-refractivity contribution in [3.8, 4) is 18.1 Å². The Labute approximate surface area is 135 Å². The summed E-state index contributed by atoms with van der Waals surface area (Å²) in [7, 11) is -2.14. The van der Waals surface area contributed by atoms with Crippen LogP contribution < -0.4 is 15.6 Å². The summed E-state index contributed by atoms with van der Waals surface area (Å²) in [5.41, 5.74) is 6.25. The first-order valence-corrected chi connectivity index (χ1v) is 8.68. The summed E-state index contributed by atoms with van der Waals surface area (Å²) in [5.74, 6) is 2.00. The van der Waals surface area contributed by atoms with Crippen LogP contribution in [-0.4, -0.2) is 33.2 Å². The Morgan fingerprint density at radius 1 is 1.48 bits per heavy atom. The van der Waals surface area contributed by atoms with Crippen LogP contribution in [0.15, 0.2) is 29.2 Å². The summed E-state index contributed by atoms with van der Waals surface area (Å²) in [6, 6.07) is 4.84. The largest absolute Gasteiger partial charge is 0.495 e. The highest BCUT2D eigenvalue weighted by molar-refractivity contribution is 7.91. The third kappa shape index (κ3) is 4.34. The Balaban J connectivity index is 2.19. The molecule has 1 aromatic rings. The van der Waals surface area contributed by atoms with Crippen LogP contribution in [0.25, 0.3) is 6.08 Å². The van der Waals surface area contributed by atoms with Crippen molar-refractivity contribution in [1.29, 1.82) is 0 Å². The van der Waals surface area contributed by atoms with Crippen molar-refractivity contribution >= 4 is 21.8 Å². The van der Waals surface area contributed by atoms with Crippen LogP contribution in [0, 0.1) is 12.3 Å². The minimum absolute atomic E-state index is 0.0283. The van der Waals surface area contributed by atoms with E-state index in [0.29, 0.717) is 12.8 Å². The number of benzene rings is 1. The summed E-state index contributed by atoms with van der Waals surface area (Å²) in [6.45, 7) is 0. The number of carbonyl (C=O) groups excluding carboxylic acids is 1. The zero-order valence-electron chi connectivity index (χ0n) is 12.7. The third-order valence-electron chi connectivity index (χ3n) is 3.40. The van der Waals surface area contributed by atoms with E-state index in [1.807, 2.05) is 12.2 Å². The number of rotatable bonds is 5. The maximum absolute atomic E-state index is 12.1. The SMILES string of the molecule is C#CCS(=O)(=O)c1ccc(/C=C/C2CCC(=O)NN2)cc1OC. The first-order chi connectivity index (χ1) is 11.0. The van der Waals surface area contributed by atoms with E-state index in [0.717, 1.165) is 5.56 Å². The Bertz CT molecular complexity index is 753. The van der Waals surface area contributed by atoms with Crippen LogP contribution in [0.1, 0.15) is 18.4 Å². The lowest BCUT2D eigenvalue weighted by atomic mass is 10.1. The van der Waals surface area contributed by atoms with Gasteiger partial charge in [0.15, 0.2) is 9.84 Å². The van der Waals surface area contributed by atoms with Gasteiger partial charge in [-0.2, -0.15) is 0 Å². The van der Waals surface area contributed by atoms with Gasteiger partial charge in [0.2, 0.25) is 5.91 Å². The second-order valence-electron chi connectivity index (χ2n) is 5.07. The number of methoxy groups -OCH3 is 1. The number of hydrogen-bond acceptors (Lipinski definition) is 5. The lowest BCUT2D eigenvalue weighted by Gasteiger charge is -2.20. The highest BCUT2D eigenvalue weighted by Crippen LogP contribution is 2.26. The van der Waals surface area contributed by atoms with Crippen molar-refractivity contribution < 1.29 is 17.9 Å². The quantitative estimate of drug-likeness (QED) is 0.782. The molecule has 2 N–H and O–H groups in total. The number of carbonyl (C=O) groups is 1. The topological polar surface area (TPSA) is 84.5 Å². The van der Waals surface area contributed by atoms with Gasteiger partial charge in [0.1, 0.15) is 16.4 Å². The molecule has 1 aliphatic heterocycles. The van der Waals surface area contributed by atoms with Crippen molar-refractivity contribution in [2.24, 2.45) is 0 Å². The molecule has 1 fully saturated rings. The lowest BCUT2D eigenvalue weighted by Crippen LogP contribution is -2.48. The molecule has 0 aromatic heterocycles. The summed E-state index contributed by atoms with van der Waals surface area (Å²) < 4.78 is 29.3. The predicted octanol–water partition coefficient (Wildman–Crippen LogP) is 0.898. The molecule has 1 aliphatic rings. The summed E-state index contributed by atoms with van der Waals surface area (Å²) >= 11 is 0. The molecule has 2 rings (SSSR count). The second kappa shape index (κ2) is 7.31. The average molecular weight is 334 g/mol. The number of ether oxygens (including phenoxy) is 1. The molecule has 7 heteroatoms. The van der Waals surface area contributed by atoms with Crippen LogP contribution in [0.2, 0.25) is 0 Å². The minimum Gasteiger partial charge on any atom is -0.495 e. The standard InChI is InChI=1S/C16H18N2O4S/c1-3-10-23(20,21)15-8-5-12(11-14(15)22-2)4-6-13-7-9-16(19)18-17-13/h1,4-6,8,11,13,17H,7,9-10H2,2H3,(H,18,19)/b6-4+. The van der Waals surface area contributed by atoms with E-state index in [1.165, 1.54) is 13.2 Å². The van der Waals surface area contributed by atoms with Gasteiger partial charge in [0.05, 0.1) is 7.11 Å². The van der Waals surface area contributed by atoms with Crippen LogP contribution in [-0.2, 0) is 14.6 Å². The monoisotopic (exact) mass is 334 g/mol. The summed E-state index contributed by atoms with van der Waals surface area (Å²) in [5, 5.41) is 0. The van der Waals surface area contributed by atoms with E-state index in [-0.39, 0.29) is 28.3 Å². The number of hydrazine groups is 1. The fourth-order valence-electron chi connectivity index (χ4n) is 2.20. The molecule has 1 saturated heterocycles. The highest BCUT2D eigenvalue weighted by atomic mass is 32.2. The average Bonchev–Trinajstić information content (AvgIpc) is 2.54. The predicted molar refractivity (Wildman–Crippen MR) is 87.2 cm³/mol. The van der Waals surface area contributed by atoms with Gasteiger partial charge in [-0.25, -0.2) is 13.8 Å². The normalized spacial score (nSPS) is 18.4. The number of sulfone groups is 1. The van der Waals surface area contributed by atoms with E-state index >= 15 is 0 Å². The first-order valence-electron chi connectivity index (χ1n) is 7.03. The maximum Gasteiger partial charge on any atom is 0.234 e. The van der Waals surface area contributed by atoms with Gasteiger partial charge in [-0.15, -0.1) is 6.42 Å². The number of nitrogens with one attached hydrogen (secondary N) is 2. The Hall–Kier alpha value is -2.30. The molecule has 122 valence electrons. The lowest BCUT2D eigenvalue weighted by molar-refractivity contribution is -0.123. The number of terminal acetylenes is 1. The molecule has 0 bridgehead atoms. The molecule has 1 aromatic carbocycles. The van der Waals surface area contributed by atoms with E-state index in [9.17, 15) is 13.2 Å². The van der Waals surface area contributed by atoms with Crippen LogP contribution in [0.5, 0.6) is 5.75 Å². The zero-order chi connectivity index (χ0) is 16.9. The fraction of sp³-hybridized carbons (Fsp3) is 0.312. The van der Waals surface area contributed by atoms with Crippen molar-refractivity contribution in [3.05, 3.63) is 29.8 Å². The van der Waals surface area contributed by atoms with Crippen molar-refractivity contribution in [3.63, 3.8) is 0 Å². The molecule has 0 radical (unpaired) electrons. The fourth-order valence-corrected chi connectivity index (χ4v) is 3.30. The molecule has 1 atom stereocenters. The van der Waals surface area contributed by atoms with Crippen LogP contribution in [0.3, 0.4) is 0 Å². The molecule has 0 saturated carbocycles. The molecule has 23 heavy (non-hydrogen) atoms. The molecule has 1 amide bonds. The van der Waals surface area contributed by atoms with Gasteiger partial charge in [0, 0.05) is 12.5 Å². The first kappa shape index (κ1) is 17.1. The van der Waals surface area contributed by atoms with Crippen molar-refractivity contribution in [2.75, 3.05) is 12.9 Å². The number of amides is 1. The highest BCUT2D eigenvalue weighted by Gasteiger charge is 2.19. The van der Waals surface area contributed by atoms with E-state index < -0.39 is 9.84 Å². The van der Waals surface area contributed by atoms with Gasteiger partial charge in [-0.1, -0.05) is 24.1 Å². The molecule has 6 nitrogen and oxygen atoms in total. The van der Waals surface area contributed by atoms with Crippen LogP contribution >= 0.6 is 0 Å². The molecule has 0 aliphatic carbocycles. The molecular weight excluding hydrogens is 316 g/mol. The van der Waals surface area contributed by atoms with Crippen LogP contribution in [0.4, 0.5) is 0 Å². The van der Waals surface area contributed by atoms with Gasteiger partial charge in [-0.05, 0) is 24.1 Å². The second-order valence-corrected chi connectivity index (χ2v) is 7.03. The summed E-state index contributed by atoms with van der Waals surface area (Å²) in [6.07, 6.45) is 10.0. The molecule has 0 spiro atoms. The Kier molecular flexibility index (Phi) is 5.42. The van der Waals surface area contributed by atoms with E-state index in [2.05, 4.69) is 16.8 Å². The third-order valence-corrected chi connectivity index (χ3v) is 4.95. The van der Waals surface area contributed by atoms with E-state index in [1.54, 1.807) is 12.1 Å². The van der Waals surface area contributed by atoms with E-state index in [4.69, 9.17) is 11.2 Å². The van der Waals surface area contributed by atoms with Gasteiger partial charge >= 0.3 is 0 Å². The van der Waals surface area contributed by atoms with Gasteiger partial charge in [-0.3, -0.25) is 10.2 Å². The molecular formula is C16H18N2O4S. The molecule has 1 unspecified atom stereocenters. The Morgan fingerprint density at radius 3 is 2.87 bits per heavy atom. The van der Waals surface area contributed by atoms with Gasteiger partial charge < -0.3 is 4.74 Å². The van der Waals surface area contributed by atoms with Crippen molar-refractivity contribution in [2.45, 2.75) is 23.8 Å². The maximum atomic E-state index is 12.1. The Morgan fingerprint density at radius 2 is 2.26 bits per heavy atom.